The second-order valence-corrected chi connectivity index (χ2v) is 5.32. The molecule has 21 heavy (non-hydrogen) atoms. The van der Waals surface area contributed by atoms with Gasteiger partial charge in [-0.2, -0.15) is 0 Å². The third-order valence-electron chi connectivity index (χ3n) is 3.83. The molecule has 1 N–H and O–H groups in total. The van der Waals surface area contributed by atoms with Gasteiger partial charge in [-0.3, -0.25) is 0 Å². The average Bonchev–Trinajstić information content (AvgIpc) is 2.50. The Balaban J connectivity index is 2.12. The van der Waals surface area contributed by atoms with Crippen molar-refractivity contribution in [3.05, 3.63) is 59.4 Å². The largest absolute Gasteiger partial charge is 0.339 e. The monoisotopic (exact) mass is 277 g/mol. The van der Waals surface area contributed by atoms with E-state index in [9.17, 15) is 0 Å². The number of aryl methyl sites for hydroxylation is 3. The molecule has 0 bridgehead atoms. The van der Waals surface area contributed by atoms with Crippen LogP contribution in [0.5, 0.6) is 0 Å². The molecule has 0 aliphatic heterocycles. The second kappa shape index (κ2) is 5.52. The Hall–Kier alpha value is -2.42. The van der Waals surface area contributed by atoms with E-state index in [2.05, 4.69) is 72.5 Å². The molecule has 1 aromatic heterocycles. The summed E-state index contributed by atoms with van der Waals surface area (Å²) in [6, 6.07) is 12.6. The molecule has 0 radical (unpaired) electrons. The number of hydrogen-bond acceptors (Lipinski definition) is 3. The number of anilines is 2. The average molecular weight is 277 g/mol. The number of hydrogen-bond donors (Lipinski definition) is 1. The third kappa shape index (κ3) is 2.59. The Labute approximate surface area is 125 Å². The minimum Gasteiger partial charge on any atom is -0.339 e. The van der Waals surface area contributed by atoms with Crippen LogP contribution in [0.2, 0.25) is 0 Å². The molecule has 0 aliphatic rings. The van der Waals surface area contributed by atoms with Gasteiger partial charge < -0.3 is 5.32 Å². The number of nitrogens with one attached hydrogen (secondary N) is 1. The molecule has 3 rings (SSSR count). The molecule has 0 unspecified atom stereocenters. The van der Waals surface area contributed by atoms with E-state index in [1.807, 2.05) is 0 Å². The van der Waals surface area contributed by atoms with Crippen LogP contribution in [0, 0.1) is 13.8 Å². The van der Waals surface area contributed by atoms with Gasteiger partial charge in [0, 0.05) is 11.1 Å². The first-order chi connectivity index (χ1) is 10.2. The van der Waals surface area contributed by atoms with Crippen molar-refractivity contribution in [2.24, 2.45) is 0 Å². The van der Waals surface area contributed by atoms with E-state index in [0.717, 1.165) is 28.8 Å². The fourth-order valence-corrected chi connectivity index (χ4v) is 2.55. The van der Waals surface area contributed by atoms with Crippen molar-refractivity contribution in [1.82, 2.24) is 9.97 Å². The molecule has 1 heterocycles. The summed E-state index contributed by atoms with van der Waals surface area (Å²) < 4.78 is 0. The van der Waals surface area contributed by atoms with Gasteiger partial charge >= 0.3 is 0 Å². The standard InChI is InChI=1S/C18H19N3/c1-4-14-8-9-16-15(10-14)18(20-11-19-16)21-17-12(2)6-5-7-13(17)3/h5-11H,4H2,1-3H3,(H,19,20,21). The van der Waals surface area contributed by atoms with Crippen LogP contribution in [-0.2, 0) is 6.42 Å². The third-order valence-corrected chi connectivity index (χ3v) is 3.83. The maximum atomic E-state index is 4.44. The van der Waals surface area contributed by atoms with Crippen molar-refractivity contribution in [2.75, 3.05) is 5.32 Å². The normalized spacial score (nSPS) is 10.8. The van der Waals surface area contributed by atoms with Gasteiger partial charge in [0.2, 0.25) is 0 Å². The predicted molar refractivity (Wildman–Crippen MR) is 88.1 cm³/mol. The lowest BCUT2D eigenvalue weighted by molar-refractivity contribution is 1.14. The van der Waals surface area contributed by atoms with Crippen LogP contribution >= 0.6 is 0 Å². The first kappa shape index (κ1) is 13.6. The highest BCUT2D eigenvalue weighted by Gasteiger charge is 2.08. The number of benzene rings is 2. The molecule has 0 fully saturated rings. The summed E-state index contributed by atoms with van der Waals surface area (Å²) in [5, 5.41) is 4.55. The summed E-state index contributed by atoms with van der Waals surface area (Å²) in [6.45, 7) is 6.37. The van der Waals surface area contributed by atoms with Gasteiger partial charge in [-0.1, -0.05) is 31.2 Å². The molecular weight excluding hydrogens is 258 g/mol. The molecule has 0 spiro atoms. The van der Waals surface area contributed by atoms with Gasteiger partial charge in [0.15, 0.2) is 0 Å². The SMILES string of the molecule is CCc1ccc2ncnc(Nc3c(C)cccc3C)c2c1. The van der Waals surface area contributed by atoms with Gasteiger partial charge in [0.1, 0.15) is 12.1 Å². The number of fused-ring (bicyclic) bond motifs is 1. The van der Waals surface area contributed by atoms with Crippen LogP contribution in [0.1, 0.15) is 23.6 Å². The Bertz CT molecular complexity index is 773. The predicted octanol–water partition coefficient (Wildman–Crippen LogP) is 4.55. The smallest absolute Gasteiger partial charge is 0.141 e. The van der Waals surface area contributed by atoms with Crippen LogP contribution < -0.4 is 5.32 Å². The summed E-state index contributed by atoms with van der Waals surface area (Å²) in [4.78, 5) is 8.79. The van der Waals surface area contributed by atoms with Crippen molar-refractivity contribution in [1.29, 1.82) is 0 Å². The molecule has 3 nitrogen and oxygen atoms in total. The van der Waals surface area contributed by atoms with E-state index in [4.69, 9.17) is 0 Å². The summed E-state index contributed by atoms with van der Waals surface area (Å²) in [5.41, 5.74) is 5.82. The lowest BCUT2D eigenvalue weighted by Gasteiger charge is -2.13. The summed E-state index contributed by atoms with van der Waals surface area (Å²) >= 11 is 0. The molecule has 0 atom stereocenters. The van der Waals surface area contributed by atoms with E-state index in [0.29, 0.717) is 0 Å². The highest BCUT2D eigenvalue weighted by Crippen LogP contribution is 2.27. The highest BCUT2D eigenvalue weighted by atomic mass is 15.0. The van der Waals surface area contributed by atoms with Crippen molar-refractivity contribution in [3.8, 4) is 0 Å². The van der Waals surface area contributed by atoms with E-state index >= 15 is 0 Å². The van der Waals surface area contributed by atoms with Gasteiger partial charge in [0.25, 0.3) is 0 Å². The Morgan fingerprint density at radius 2 is 1.76 bits per heavy atom. The van der Waals surface area contributed by atoms with Crippen molar-refractivity contribution in [2.45, 2.75) is 27.2 Å². The maximum absolute atomic E-state index is 4.44. The highest BCUT2D eigenvalue weighted by molar-refractivity contribution is 5.91. The first-order valence-corrected chi connectivity index (χ1v) is 7.26. The van der Waals surface area contributed by atoms with Crippen LogP contribution in [0.25, 0.3) is 10.9 Å². The van der Waals surface area contributed by atoms with Crippen LogP contribution in [0.15, 0.2) is 42.7 Å². The minimum absolute atomic E-state index is 0.868. The molecule has 3 heteroatoms. The molecule has 106 valence electrons. The van der Waals surface area contributed by atoms with Crippen molar-refractivity contribution in [3.63, 3.8) is 0 Å². The zero-order chi connectivity index (χ0) is 14.8. The van der Waals surface area contributed by atoms with E-state index in [1.165, 1.54) is 16.7 Å². The quantitative estimate of drug-likeness (QED) is 0.763. The zero-order valence-electron chi connectivity index (χ0n) is 12.6. The fraction of sp³-hybridized carbons (Fsp3) is 0.222. The van der Waals surface area contributed by atoms with Crippen LogP contribution in [-0.4, -0.2) is 9.97 Å². The molecular formula is C18H19N3. The van der Waals surface area contributed by atoms with Crippen LogP contribution in [0.4, 0.5) is 11.5 Å². The maximum Gasteiger partial charge on any atom is 0.141 e. The van der Waals surface area contributed by atoms with E-state index in [-0.39, 0.29) is 0 Å². The van der Waals surface area contributed by atoms with Gasteiger partial charge in [-0.05, 0) is 49.1 Å². The molecule has 0 amide bonds. The zero-order valence-corrected chi connectivity index (χ0v) is 12.6. The topological polar surface area (TPSA) is 37.8 Å². The molecule has 0 saturated heterocycles. The summed E-state index contributed by atoms with van der Waals surface area (Å²) in [6.07, 6.45) is 2.62. The van der Waals surface area contributed by atoms with Gasteiger partial charge in [-0.25, -0.2) is 9.97 Å². The molecule has 2 aromatic carbocycles. The summed E-state index contributed by atoms with van der Waals surface area (Å²) in [7, 11) is 0. The second-order valence-electron chi connectivity index (χ2n) is 5.32. The summed E-state index contributed by atoms with van der Waals surface area (Å²) in [5.74, 6) is 0.868. The van der Waals surface area contributed by atoms with Crippen LogP contribution in [0.3, 0.4) is 0 Å². The number of rotatable bonds is 3. The van der Waals surface area contributed by atoms with Gasteiger partial charge in [-0.15, -0.1) is 0 Å². The Kier molecular flexibility index (Phi) is 3.57. The minimum atomic E-state index is 0.868. The van der Waals surface area contributed by atoms with E-state index < -0.39 is 0 Å². The fourth-order valence-electron chi connectivity index (χ4n) is 2.55. The lowest BCUT2D eigenvalue weighted by atomic mass is 10.1. The Morgan fingerprint density at radius 3 is 2.48 bits per heavy atom. The Morgan fingerprint density at radius 1 is 1.00 bits per heavy atom. The number of aromatic nitrogens is 2. The molecule has 3 aromatic rings. The van der Waals surface area contributed by atoms with E-state index in [1.54, 1.807) is 6.33 Å². The van der Waals surface area contributed by atoms with Crippen molar-refractivity contribution >= 4 is 22.4 Å². The number of nitrogens with zero attached hydrogens (tertiary/aromatic N) is 2. The lowest BCUT2D eigenvalue weighted by Crippen LogP contribution is -2.00. The van der Waals surface area contributed by atoms with Gasteiger partial charge in [0.05, 0.1) is 5.52 Å². The molecule has 0 aliphatic carbocycles. The van der Waals surface area contributed by atoms with Crippen molar-refractivity contribution < 1.29 is 0 Å². The molecule has 0 saturated carbocycles. The number of para-hydroxylation sites is 1. The first-order valence-electron chi connectivity index (χ1n) is 7.26.